The third-order valence-corrected chi connectivity index (χ3v) is 9.53. The molecule has 8 rings (SSSR count). The Bertz CT molecular complexity index is 2780. The molecule has 0 aliphatic rings. The van der Waals surface area contributed by atoms with Crippen LogP contribution in [0.3, 0.4) is 0 Å². The molecule has 6 aromatic carbocycles. The minimum atomic E-state index is -0.145. The molecular formula is C40H32N6O5S2. The van der Waals surface area contributed by atoms with Crippen molar-refractivity contribution in [1.82, 2.24) is 29.5 Å². The van der Waals surface area contributed by atoms with Crippen LogP contribution in [0.25, 0.3) is 55.7 Å². The fourth-order valence-corrected chi connectivity index (χ4v) is 7.00. The summed E-state index contributed by atoms with van der Waals surface area (Å²) in [5.41, 5.74) is 3.88. The standard InChI is InChI=1S/C40H32N6O5S2/c1-23-20-25(48)10-13-28(23)37-41-43-40(53)46(37)34-16-17-35(30-14-11-26(49-2)21-32(30)34)51-36-22-27(50-19-18-47)12-15-31(36)38-42-44-39(52)45(38)33-9-5-7-24-6-3-4-8-29(24)33/h3-17,20-22,47-48H,18-19H2,1-2H3,(H,43,53)(H,44,52). The smallest absolute Gasteiger partial charge is 0.200 e. The number of H-pyrrole nitrogens is 2. The van der Waals surface area contributed by atoms with Gasteiger partial charge in [-0.25, -0.2) is 0 Å². The predicted octanol–water partition coefficient (Wildman–Crippen LogP) is 9.00. The van der Waals surface area contributed by atoms with Gasteiger partial charge < -0.3 is 24.4 Å². The molecule has 0 atom stereocenters. The minimum Gasteiger partial charge on any atom is -0.508 e. The number of methoxy groups -OCH3 is 1. The summed E-state index contributed by atoms with van der Waals surface area (Å²) in [5, 5.41) is 38.4. The van der Waals surface area contributed by atoms with Crippen molar-refractivity contribution in [2.24, 2.45) is 0 Å². The van der Waals surface area contributed by atoms with Gasteiger partial charge in [-0.15, -0.1) is 0 Å². The first-order valence-electron chi connectivity index (χ1n) is 16.6. The molecule has 13 heteroatoms. The number of nitrogens with one attached hydrogen (secondary N) is 2. The van der Waals surface area contributed by atoms with E-state index >= 15 is 0 Å². The Morgan fingerprint density at radius 2 is 1.38 bits per heavy atom. The van der Waals surface area contributed by atoms with Crippen LogP contribution < -0.4 is 14.2 Å². The number of aliphatic hydroxyl groups excluding tert-OH is 1. The highest BCUT2D eigenvalue weighted by molar-refractivity contribution is 7.71. The fourth-order valence-electron chi connectivity index (χ4n) is 6.54. The van der Waals surface area contributed by atoms with E-state index < -0.39 is 0 Å². The topological polar surface area (TPSA) is 135 Å². The molecule has 0 bridgehead atoms. The lowest BCUT2D eigenvalue weighted by molar-refractivity contribution is 0.201. The maximum Gasteiger partial charge on any atom is 0.200 e. The van der Waals surface area contributed by atoms with Crippen molar-refractivity contribution in [2.45, 2.75) is 6.92 Å². The van der Waals surface area contributed by atoms with Crippen LogP contribution in [0.15, 0.2) is 109 Å². The number of phenolic OH excluding ortho intramolecular Hbond substituents is 1. The van der Waals surface area contributed by atoms with E-state index in [9.17, 15) is 10.2 Å². The second-order valence-electron chi connectivity index (χ2n) is 12.2. The zero-order valence-electron chi connectivity index (χ0n) is 28.5. The highest BCUT2D eigenvalue weighted by Gasteiger charge is 2.22. The monoisotopic (exact) mass is 740 g/mol. The van der Waals surface area contributed by atoms with Crippen molar-refractivity contribution in [1.29, 1.82) is 0 Å². The number of ether oxygens (including phenoxy) is 3. The van der Waals surface area contributed by atoms with Gasteiger partial charge in [0.15, 0.2) is 21.2 Å². The van der Waals surface area contributed by atoms with Crippen molar-refractivity contribution in [3.05, 3.63) is 124 Å². The molecule has 0 aliphatic heterocycles. The highest BCUT2D eigenvalue weighted by Crippen LogP contribution is 2.42. The number of fused-ring (bicyclic) bond motifs is 2. The summed E-state index contributed by atoms with van der Waals surface area (Å²) in [6.07, 6.45) is 0. The summed E-state index contributed by atoms with van der Waals surface area (Å²) >= 11 is 11.6. The average molecular weight is 741 g/mol. The second kappa shape index (κ2) is 14.0. The van der Waals surface area contributed by atoms with Gasteiger partial charge in [0, 0.05) is 27.8 Å². The van der Waals surface area contributed by atoms with E-state index in [4.69, 9.17) is 38.6 Å². The average Bonchev–Trinajstić information content (AvgIpc) is 3.75. The van der Waals surface area contributed by atoms with Crippen molar-refractivity contribution in [2.75, 3.05) is 20.3 Å². The molecule has 0 saturated carbocycles. The van der Waals surface area contributed by atoms with Crippen LogP contribution in [-0.4, -0.2) is 60.1 Å². The number of aromatic hydroxyl groups is 1. The summed E-state index contributed by atoms with van der Waals surface area (Å²) in [4.78, 5) is 0. The molecule has 0 unspecified atom stereocenters. The van der Waals surface area contributed by atoms with Gasteiger partial charge in [0.2, 0.25) is 0 Å². The van der Waals surface area contributed by atoms with Crippen LogP contribution in [0, 0.1) is 16.5 Å². The maximum atomic E-state index is 10.1. The Hall–Kier alpha value is -6.28. The van der Waals surface area contributed by atoms with Crippen LogP contribution >= 0.6 is 24.4 Å². The molecule has 2 aromatic heterocycles. The maximum absolute atomic E-state index is 10.1. The number of aryl methyl sites for hydroxylation is 1. The highest BCUT2D eigenvalue weighted by atomic mass is 32.1. The van der Waals surface area contributed by atoms with E-state index in [0.29, 0.717) is 49.8 Å². The number of aromatic amines is 2. The van der Waals surface area contributed by atoms with Gasteiger partial charge in [-0.3, -0.25) is 19.3 Å². The van der Waals surface area contributed by atoms with Gasteiger partial charge in [-0.2, -0.15) is 10.2 Å². The molecule has 53 heavy (non-hydrogen) atoms. The lowest BCUT2D eigenvalue weighted by Gasteiger charge is -2.18. The number of nitrogens with zero attached hydrogens (tertiary/aromatic N) is 4. The number of phenols is 1. The summed E-state index contributed by atoms with van der Waals surface area (Å²) in [7, 11) is 1.61. The van der Waals surface area contributed by atoms with Crippen molar-refractivity contribution in [3.8, 4) is 62.9 Å². The van der Waals surface area contributed by atoms with E-state index in [1.807, 2.05) is 88.9 Å². The molecule has 264 valence electrons. The number of benzene rings is 6. The summed E-state index contributed by atoms with van der Waals surface area (Å²) in [6.45, 7) is 1.87. The third kappa shape index (κ3) is 6.20. The van der Waals surface area contributed by atoms with Gasteiger partial charge in [0.1, 0.15) is 35.4 Å². The normalized spacial score (nSPS) is 11.3. The van der Waals surface area contributed by atoms with Crippen LogP contribution in [-0.2, 0) is 0 Å². The van der Waals surface area contributed by atoms with Gasteiger partial charge in [-0.05, 0) is 109 Å². The lowest BCUT2D eigenvalue weighted by atomic mass is 10.0. The molecule has 8 aromatic rings. The van der Waals surface area contributed by atoms with Gasteiger partial charge in [0.25, 0.3) is 0 Å². The van der Waals surface area contributed by atoms with Crippen molar-refractivity contribution < 1.29 is 24.4 Å². The van der Waals surface area contributed by atoms with E-state index in [1.165, 1.54) is 0 Å². The number of hydrogen-bond acceptors (Lipinski definition) is 9. The van der Waals surface area contributed by atoms with Gasteiger partial charge in [-0.1, -0.05) is 36.4 Å². The van der Waals surface area contributed by atoms with Gasteiger partial charge in [0.05, 0.1) is 30.7 Å². The van der Waals surface area contributed by atoms with Crippen LogP contribution in [0.1, 0.15) is 5.56 Å². The van der Waals surface area contributed by atoms with E-state index in [-0.39, 0.29) is 19.0 Å². The lowest BCUT2D eigenvalue weighted by Crippen LogP contribution is -2.04. The predicted molar refractivity (Wildman–Crippen MR) is 209 cm³/mol. The van der Waals surface area contributed by atoms with E-state index in [0.717, 1.165) is 44.0 Å². The molecular weight excluding hydrogens is 709 g/mol. The zero-order chi connectivity index (χ0) is 36.6. The van der Waals surface area contributed by atoms with E-state index in [1.54, 1.807) is 25.3 Å². The second-order valence-corrected chi connectivity index (χ2v) is 13.0. The van der Waals surface area contributed by atoms with Crippen molar-refractivity contribution >= 4 is 46.0 Å². The Morgan fingerprint density at radius 1 is 0.679 bits per heavy atom. The Kier molecular flexibility index (Phi) is 8.96. The molecule has 4 N–H and O–H groups in total. The largest absolute Gasteiger partial charge is 0.508 e. The molecule has 2 heterocycles. The Labute approximate surface area is 313 Å². The minimum absolute atomic E-state index is 0.110. The summed E-state index contributed by atoms with van der Waals surface area (Å²) in [6, 6.07) is 34.2. The number of rotatable bonds is 10. The zero-order valence-corrected chi connectivity index (χ0v) is 30.2. The molecule has 0 amide bonds. The molecule has 0 fully saturated rings. The van der Waals surface area contributed by atoms with Crippen molar-refractivity contribution in [3.63, 3.8) is 0 Å². The Morgan fingerprint density at radius 3 is 2.13 bits per heavy atom. The molecule has 0 aliphatic carbocycles. The van der Waals surface area contributed by atoms with Gasteiger partial charge >= 0.3 is 0 Å². The van der Waals surface area contributed by atoms with Crippen LogP contribution in [0.4, 0.5) is 0 Å². The first-order valence-corrected chi connectivity index (χ1v) is 17.5. The third-order valence-electron chi connectivity index (χ3n) is 8.98. The first kappa shape index (κ1) is 33.8. The number of aliphatic hydroxyl groups is 1. The fraction of sp³-hybridized carbons (Fsp3) is 0.100. The Balaban J connectivity index is 1.30. The van der Waals surface area contributed by atoms with Crippen LogP contribution in [0.5, 0.6) is 28.7 Å². The summed E-state index contributed by atoms with van der Waals surface area (Å²) in [5.74, 6) is 3.41. The number of aromatic nitrogens is 6. The molecule has 0 saturated heterocycles. The molecule has 0 spiro atoms. The molecule has 11 nitrogen and oxygen atoms in total. The SMILES string of the molecule is COc1ccc2c(Oc3cc(OCCO)ccc3-c3n[nH]c(=S)n3-c3cccc4ccccc34)ccc(-n3c(-c4ccc(O)cc4C)n[nH]c3=S)c2c1. The van der Waals surface area contributed by atoms with E-state index in [2.05, 4.69) is 38.6 Å². The quantitative estimate of drug-likeness (QED) is 0.101. The first-order chi connectivity index (χ1) is 25.8. The molecule has 0 radical (unpaired) electrons. The summed E-state index contributed by atoms with van der Waals surface area (Å²) < 4.78 is 22.9. The van der Waals surface area contributed by atoms with Crippen LogP contribution in [0.2, 0.25) is 0 Å². The number of hydrogen-bond donors (Lipinski definition) is 4.